The average molecular weight is 381 g/mol. The Morgan fingerprint density at radius 1 is 1.14 bits per heavy atom. The summed E-state index contributed by atoms with van der Waals surface area (Å²) in [6.07, 6.45) is 1.63. The SMILES string of the molecule is O=C(c1cc2ccccc2oc1=O)N(Cc1ccccc1F)CC1CCCO1. The summed E-state index contributed by atoms with van der Waals surface area (Å²) in [7, 11) is 0. The summed E-state index contributed by atoms with van der Waals surface area (Å²) in [5, 5.41) is 0.661. The number of para-hydroxylation sites is 1. The van der Waals surface area contributed by atoms with Crippen molar-refractivity contribution in [3.63, 3.8) is 0 Å². The van der Waals surface area contributed by atoms with Crippen LogP contribution in [0.4, 0.5) is 4.39 Å². The molecule has 5 nitrogen and oxygen atoms in total. The van der Waals surface area contributed by atoms with Crippen molar-refractivity contribution in [1.82, 2.24) is 4.90 Å². The molecule has 2 heterocycles. The fourth-order valence-corrected chi connectivity index (χ4v) is 3.47. The van der Waals surface area contributed by atoms with Crippen LogP contribution < -0.4 is 5.63 Å². The van der Waals surface area contributed by atoms with Crippen molar-refractivity contribution in [2.75, 3.05) is 13.2 Å². The molecule has 4 rings (SSSR count). The van der Waals surface area contributed by atoms with Crippen molar-refractivity contribution in [2.45, 2.75) is 25.5 Å². The summed E-state index contributed by atoms with van der Waals surface area (Å²) in [4.78, 5) is 27.1. The van der Waals surface area contributed by atoms with Gasteiger partial charge in [-0.15, -0.1) is 0 Å². The highest BCUT2D eigenvalue weighted by Crippen LogP contribution is 2.19. The quantitative estimate of drug-likeness (QED) is 0.632. The van der Waals surface area contributed by atoms with E-state index in [9.17, 15) is 14.0 Å². The van der Waals surface area contributed by atoms with Gasteiger partial charge in [0.1, 0.15) is 17.0 Å². The van der Waals surface area contributed by atoms with E-state index >= 15 is 0 Å². The number of hydrogen-bond donors (Lipinski definition) is 0. The molecular weight excluding hydrogens is 361 g/mol. The van der Waals surface area contributed by atoms with Crippen LogP contribution in [0.5, 0.6) is 0 Å². The van der Waals surface area contributed by atoms with Gasteiger partial charge in [-0.05, 0) is 31.0 Å². The van der Waals surface area contributed by atoms with Crippen molar-refractivity contribution < 1.29 is 18.3 Å². The molecule has 144 valence electrons. The zero-order valence-corrected chi connectivity index (χ0v) is 15.3. The number of nitrogens with zero attached hydrogens (tertiary/aromatic N) is 1. The van der Waals surface area contributed by atoms with Gasteiger partial charge in [-0.1, -0.05) is 36.4 Å². The fourth-order valence-electron chi connectivity index (χ4n) is 3.47. The highest BCUT2D eigenvalue weighted by Gasteiger charge is 2.26. The molecule has 1 amide bonds. The Balaban J connectivity index is 1.68. The van der Waals surface area contributed by atoms with Crippen LogP contribution in [-0.4, -0.2) is 30.1 Å². The van der Waals surface area contributed by atoms with E-state index < -0.39 is 17.3 Å². The molecule has 0 bridgehead atoms. The Kier molecular flexibility index (Phi) is 5.21. The molecule has 0 aliphatic carbocycles. The summed E-state index contributed by atoms with van der Waals surface area (Å²) in [5.74, 6) is -0.878. The predicted molar refractivity (Wildman–Crippen MR) is 103 cm³/mol. The second-order valence-corrected chi connectivity index (χ2v) is 6.90. The molecule has 6 heteroatoms. The largest absolute Gasteiger partial charge is 0.422 e. The highest BCUT2D eigenvalue weighted by molar-refractivity contribution is 5.96. The lowest BCUT2D eigenvalue weighted by atomic mass is 10.1. The number of benzene rings is 2. The Hall–Kier alpha value is -2.99. The lowest BCUT2D eigenvalue weighted by Crippen LogP contribution is -2.39. The Morgan fingerprint density at radius 3 is 2.71 bits per heavy atom. The van der Waals surface area contributed by atoms with Gasteiger partial charge in [-0.3, -0.25) is 4.79 Å². The van der Waals surface area contributed by atoms with Crippen LogP contribution in [0.25, 0.3) is 11.0 Å². The average Bonchev–Trinajstić information content (AvgIpc) is 3.21. The minimum absolute atomic E-state index is 0.0532. The number of fused-ring (bicyclic) bond motifs is 1. The van der Waals surface area contributed by atoms with E-state index in [2.05, 4.69) is 0 Å². The van der Waals surface area contributed by atoms with Crippen molar-refractivity contribution in [1.29, 1.82) is 0 Å². The first-order valence-corrected chi connectivity index (χ1v) is 9.29. The summed E-state index contributed by atoms with van der Waals surface area (Å²) >= 11 is 0. The first-order chi connectivity index (χ1) is 13.6. The summed E-state index contributed by atoms with van der Waals surface area (Å²) in [5.41, 5.74) is 0.0467. The number of rotatable bonds is 5. The van der Waals surface area contributed by atoms with Crippen LogP contribution in [0, 0.1) is 5.82 Å². The fraction of sp³-hybridized carbons (Fsp3) is 0.273. The minimum Gasteiger partial charge on any atom is -0.422 e. The van der Waals surface area contributed by atoms with Gasteiger partial charge < -0.3 is 14.1 Å². The van der Waals surface area contributed by atoms with E-state index in [0.717, 1.165) is 12.8 Å². The number of ether oxygens (including phenoxy) is 1. The summed E-state index contributed by atoms with van der Waals surface area (Å²) < 4.78 is 25.1. The summed E-state index contributed by atoms with van der Waals surface area (Å²) in [6.45, 7) is 0.988. The smallest absolute Gasteiger partial charge is 0.349 e. The predicted octanol–water partition coefficient (Wildman–Crippen LogP) is 3.75. The van der Waals surface area contributed by atoms with Crippen LogP contribution in [0.2, 0.25) is 0 Å². The van der Waals surface area contributed by atoms with E-state index in [4.69, 9.17) is 9.15 Å². The molecule has 0 radical (unpaired) electrons. The van der Waals surface area contributed by atoms with Gasteiger partial charge in [0, 0.05) is 30.6 Å². The second kappa shape index (κ2) is 7.94. The van der Waals surface area contributed by atoms with E-state index in [1.54, 1.807) is 42.5 Å². The molecule has 0 spiro atoms. The van der Waals surface area contributed by atoms with Gasteiger partial charge in [0.25, 0.3) is 5.91 Å². The summed E-state index contributed by atoms with van der Waals surface area (Å²) in [6, 6.07) is 14.9. The first kappa shape index (κ1) is 18.4. The number of carbonyl (C=O) groups is 1. The maximum atomic E-state index is 14.2. The molecule has 1 unspecified atom stereocenters. The highest BCUT2D eigenvalue weighted by atomic mass is 19.1. The van der Waals surface area contributed by atoms with Crippen LogP contribution in [-0.2, 0) is 11.3 Å². The molecule has 0 N–H and O–H groups in total. The molecule has 2 aromatic carbocycles. The van der Waals surface area contributed by atoms with Gasteiger partial charge in [0.2, 0.25) is 0 Å². The molecule has 28 heavy (non-hydrogen) atoms. The molecular formula is C22H20FNO4. The number of halogens is 1. The van der Waals surface area contributed by atoms with Gasteiger partial charge >= 0.3 is 5.63 Å². The lowest BCUT2D eigenvalue weighted by molar-refractivity contribution is 0.0502. The van der Waals surface area contributed by atoms with Crippen molar-refractivity contribution in [2.24, 2.45) is 0 Å². The van der Waals surface area contributed by atoms with E-state index in [1.165, 1.54) is 17.0 Å². The molecule has 1 fully saturated rings. The molecule has 1 atom stereocenters. The minimum atomic E-state index is -0.699. The zero-order valence-electron chi connectivity index (χ0n) is 15.3. The molecule has 3 aromatic rings. The topological polar surface area (TPSA) is 59.8 Å². The number of hydrogen-bond acceptors (Lipinski definition) is 4. The number of amides is 1. The maximum absolute atomic E-state index is 14.2. The van der Waals surface area contributed by atoms with Crippen molar-refractivity contribution in [3.05, 3.63) is 82.0 Å². The van der Waals surface area contributed by atoms with Crippen LogP contribution >= 0.6 is 0 Å². The molecule has 1 aromatic heterocycles. The standard InChI is InChI=1S/C22H20FNO4/c23-19-9-3-1-7-16(19)13-24(14-17-8-5-11-27-17)21(25)18-12-15-6-2-4-10-20(15)28-22(18)26/h1-4,6-7,9-10,12,17H,5,8,11,13-14H2. The van der Waals surface area contributed by atoms with Crippen molar-refractivity contribution >= 4 is 16.9 Å². The second-order valence-electron chi connectivity index (χ2n) is 6.90. The lowest BCUT2D eigenvalue weighted by Gasteiger charge is -2.25. The Bertz CT molecular complexity index is 1060. The monoisotopic (exact) mass is 381 g/mol. The normalized spacial score (nSPS) is 16.4. The Morgan fingerprint density at radius 2 is 1.93 bits per heavy atom. The van der Waals surface area contributed by atoms with Gasteiger partial charge in [0.05, 0.1) is 6.10 Å². The maximum Gasteiger partial charge on any atom is 0.349 e. The first-order valence-electron chi connectivity index (χ1n) is 9.29. The van der Waals surface area contributed by atoms with E-state index in [1.807, 2.05) is 0 Å². The molecule has 1 aliphatic rings. The van der Waals surface area contributed by atoms with Gasteiger partial charge in [0.15, 0.2) is 0 Å². The van der Waals surface area contributed by atoms with Crippen LogP contribution in [0.15, 0.2) is 63.8 Å². The van der Waals surface area contributed by atoms with Crippen molar-refractivity contribution in [3.8, 4) is 0 Å². The number of carbonyl (C=O) groups excluding carboxylic acids is 1. The van der Waals surface area contributed by atoms with E-state index in [-0.39, 0.29) is 18.2 Å². The Labute approximate surface area is 161 Å². The van der Waals surface area contributed by atoms with Crippen LogP contribution in [0.3, 0.4) is 0 Å². The zero-order chi connectivity index (χ0) is 19.5. The van der Waals surface area contributed by atoms with Crippen LogP contribution in [0.1, 0.15) is 28.8 Å². The third-order valence-electron chi connectivity index (χ3n) is 4.93. The molecule has 1 saturated heterocycles. The third-order valence-corrected chi connectivity index (χ3v) is 4.93. The third kappa shape index (κ3) is 3.82. The molecule has 1 aliphatic heterocycles. The van der Waals surface area contributed by atoms with Gasteiger partial charge in [-0.2, -0.15) is 0 Å². The molecule has 0 saturated carbocycles. The van der Waals surface area contributed by atoms with Gasteiger partial charge in [-0.25, -0.2) is 9.18 Å². The van der Waals surface area contributed by atoms with E-state index in [0.29, 0.717) is 29.7 Å².